The molecular formula is C15H13NO4S. The van der Waals surface area contributed by atoms with Gasteiger partial charge in [0.1, 0.15) is 4.88 Å². The fourth-order valence-electron chi connectivity index (χ4n) is 1.68. The van der Waals surface area contributed by atoms with Gasteiger partial charge in [-0.2, -0.15) is 0 Å². The van der Waals surface area contributed by atoms with Gasteiger partial charge >= 0.3 is 5.97 Å². The van der Waals surface area contributed by atoms with Crippen molar-refractivity contribution < 1.29 is 19.1 Å². The summed E-state index contributed by atoms with van der Waals surface area (Å²) in [7, 11) is 1.29. The van der Waals surface area contributed by atoms with E-state index in [0.717, 1.165) is 11.3 Å². The van der Waals surface area contributed by atoms with Crippen molar-refractivity contribution in [3.8, 4) is 0 Å². The van der Waals surface area contributed by atoms with Gasteiger partial charge in [0.05, 0.1) is 12.0 Å². The van der Waals surface area contributed by atoms with Crippen LogP contribution in [0.3, 0.4) is 0 Å². The fraction of sp³-hybridized carbons (Fsp3) is 0.133. The summed E-state index contributed by atoms with van der Waals surface area (Å²) in [5.41, 5.74) is 1.05. The van der Waals surface area contributed by atoms with Gasteiger partial charge in [-0.05, 0) is 31.2 Å². The van der Waals surface area contributed by atoms with E-state index in [4.69, 9.17) is 0 Å². The Morgan fingerprint density at radius 2 is 1.81 bits per heavy atom. The first kappa shape index (κ1) is 14.9. The lowest BCUT2D eigenvalue weighted by atomic mass is 10.1. The Bertz CT molecular complexity index is 705. The molecule has 2 rings (SSSR count). The summed E-state index contributed by atoms with van der Waals surface area (Å²) in [6, 6.07) is 9.77. The van der Waals surface area contributed by atoms with Crippen LogP contribution >= 0.6 is 11.3 Å². The minimum absolute atomic E-state index is 0.0739. The molecule has 0 saturated heterocycles. The van der Waals surface area contributed by atoms with E-state index in [1.54, 1.807) is 30.3 Å². The Kier molecular flexibility index (Phi) is 4.49. The van der Waals surface area contributed by atoms with Crippen LogP contribution < -0.4 is 5.32 Å². The van der Waals surface area contributed by atoms with Gasteiger partial charge in [-0.15, -0.1) is 11.3 Å². The molecule has 1 amide bonds. The number of carbonyl (C=O) groups excluding carboxylic acids is 3. The molecule has 0 saturated carbocycles. The van der Waals surface area contributed by atoms with Crippen molar-refractivity contribution in [3.05, 3.63) is 51.7 Å². The number of anilines is 1. The summed E-state index contributed by atoms with van der Waals surface area (Å²) in [5, 5.41) is 2.69. The number of esters is 1. The van der Waals surface area contributed by atoms with E-state index in [1.165, 1.54) is 20.1 Å². The number of thiophene rings is 1. The lowest BCUT2D eigenvalue weighted by Crippen LogP contribution is -2.10. The minimum atomic E-state index is -0.474. The zero-order valence-electron chi connectivity index (χ0n) is 11.5. The number of hydrogen-bond donors (Lipinski definition) is 1. The summed E-state index contributed by atoms with van der Waals surface area (Å²) in [5.74, 6) is -0.885. The largest absolute Gasteiger partial charge is 0.465 e. The number of benzene rings is 1. The molecule has 21 heavy (non-hydrogen) atoms. The predicted octanol–water partition coefficient (Wildman–Crippen LogP) is 2.99. The van der Waals surface area contributed by atoms with Gasteiger partial charge in [-0.25, -0.2) is 4.79 Å². The van der Waals surface area contributed by atoms with Crippen LogP contribution in [0.1, 0.15) is 36.6 Å². The van der Waals surface area contributed by atoms with Crippen LogP contribution in [0.5, 0.6) is 0 Å². The Labute approximate surface area is 125 Å². The van der Waals surface area contributed by atoms with E-state index >= 15 is 0 Å². The Morgan fingerprint density at radius 1 is 1.10 bits per heavy atom. The molecule has 0 aliphatic heterocycles. The maximum absolute atomic E-state index is 12.1. The monoisotopic (exact) mass is 303 g/mol. The molecule has 5 nitrogen and oxygen atoms in total. The topological polar surface area (TPSA) is 72.5 Å². The summed E-state index contributed by atoms with van der Waals surface area (Å²) < 4.78 is 4.59. The van der Waals surface area contributed by atoms with Crippen molar-refractivity contribution in [2.75, 3.05) is 12.4 Å². The molecule has 0 atom stereocenters. The van der Waals surface area contributed by atoms with Crippen molar-refractivity contribution in [1.82, 2.24) is 0 Å². The molecule has 1 N–H and O–H groups in total. The molecule has 0 unspecified atom stereocenters. The SMILES string of the molecule is COC(=O)c1ccc(C(=O)Nc2cccc(C(C)=O)c2)s1. The molecule has 1 aromatic heterocycles. The zero-order valence-corrected chi connectivity index (χ0v) is 12.3. The number of nitrogens with one attached hydrogen (secondary N) is 1. The molecule has 0 aliphatic carbocycles. The van der Waals surface area contributed by atoms with E-state index in [1.807, 2.05) is 0 Å². The second-order valence-electron chi connectivity index (χ2n) is 4.25. The maximum Gasteiger partial charge on any atom is 0.348 e. The normalized spacial score (nSPS) is 10.0. The van der Waals surface area contributed by atoms with Crippen molar-refractivity contribution >= 4 is 34.7 Å². The molecule has 0 bridgehead atoms. The number of rotatable bonds is 4. The highest BCUT2D eigenvalue weighted by Crippen LogP contribution is 2.19. The molecule has 0 spiro atoms. The molecule has 0 radical (unpaired) electrons. The van der Waals surface area contributed by atoms with E-state index in [0.29, 0.717) is 21.0 Å². The molecule has 108 valence electrons. The van der Waals surface area contributed by atoms with E-state index in [-0.39, 0.29) is 11.7 Å². The number of carbonyl (C=O) groups is 3. The highest BCUT2D eigenvalue weighted by Gasteiger charge is 2.14. The van der Waals surface area contributed by atoms with Gasteiger partial charge in [0.15, 0.2) is 5.78 Å². The number of amides is 1. The van der Waals surface area contributed by atoms with Crippen LogP contribution in [0.2, 0.25) is 0 Å². The highest BCUT2D eigenvalue weighted by molar-refractivity contribution is 7.16. The standard InChI is InChI=1S/C15H13NO4S/c1-9(17)10-4-3-5-11(8-10)16-14(18)12-6-7-13(21-12)15(19)20-2/h3-8H,1-2H3,(H,16,18). The summed E-state index contributed by atoms with van der Waals surface area (Å²) in [6.45, 7) is 1.46. The Morgan fingerprint density at radius 3 is 2.48 bits per heavy atom. The maximum atomic E-state index is 12.1. The van der Waals surface area contributed by atoms with Gasteiger partial charge in [0, 0.05) is 11.3 Å². The van der Waals surface area contributed by atoms with Gasteiger partial charge in [0.2, 0.25) is 0 Å². The van der Waals surface area contributed by atoms with Gasteiger partial charge < -0.3 is 10.1 Å². The summed E-state index contributed by atoms with van der Waals surface area (Å²) in [4.78, 5) is 35.5. The quantitative estimate of drug-likeness (QED) is 0.696. The first-order valence-corrected chi connectivity index (χ1v) is 6.93. The average molecular weight is 303 g/mol. The molecule has 0 aliphatic rings. The van der Waals surface area contributed by atoms with Crippen LogP contribution in [0, 0.1) is 0 Å². The van der Waals surface area contributed by atoms with Crippen LogP contribution in [0.15, 0.2) is 36.4 Å². The van der Waals surface area contributed by atoms with Crippen LogP contribution in [0.4, 0.5) is 5.69 Å². The third kappa shape index (κ3) is 3.55. The number of ether oxygens (including phenoxy) is 1. The molecule has 2 aromatic rings. The highest BCUT2D eigenvalue weighted by atomic mass is 32.1. The zero-order chi connectivity index (χ0) is 15.4. The first-order valence-electron chi connectivity index (χ1n) is 6.12. The van der Waals surface area contributed by atoms with E-state index < -0.39 is 5.97 Å². The number of methoxy groups -OCH3 is 1. The van der Waals surface area contributed by atoms with Crippen LogP contribution in [-0.2, 0) is 4.74 Å². The lowest BCUT2D eigenvalue weighted by Gasteiger charge is -2.04. The van der Waals surface area contributed by atoms with Crippen LogP contribution in [-0.4, -0.2) is 24.8 Å². The lowest BCUT2D eigenvalue weighted by molar-refractivity contribution is 0.0606. The van der Waals surface area contributed by atoms with Crippen molar-refractivity contribution in [2.24, 2.45) is 0 Å². The molecular weight excluding hydrogens is 290 g/mol. The Hall–Kier alpha value is -2.47. The fourth-order valence-corrected chi connectivity index (χ4v) is 2.50. The number of ketones is 1. The molecule has 1 heterocycles. The minimum Gasteiger partial charge on any atom is -0.465 e. The first-order chi connectivity index (χ1) is 10.0. The molecule has 1 aromatic carbocycles. The molecule has 0 fully saturated rings. The van der Waals surface area contributed by atoms with Gasteiger partial charge in [0.25, 0.3) is 5.91 Å². The van der Waals surface area contributed by atoms with E-state index in [2.05, 4.69) is 10.1 Å². The summed E-state index contributed by atoms with van der Waals surface area (Å²) >= 11 is 1.05. The predicted molar refractivity (Wildman–Crippen MR) is 80.1 cm³/mol. The number of hydrogen-bond acceptors (Lipinski definition) is 5. The third-order valence-corrected chi connectivity index (χ3v) is 3.81. The Balaban J connectivity index is 2.14. The second-order valence-corrected chi connectivity index (χ2v) is 5.33. The van der Waals surface area contributed by atoms with Crippen molar-refractivity contribution in [1.29, 1.82) is 0 Å². The molecule has 6 heteroatoms. The van der Waals surface area contributed by atoms with Gasteiger partial charge in [-0.1, -0.05) is 12.1 Å². The van der Waals surface area contributed by atoms with Crippen molar-refractivity contribution in [3.63, 3.8) is 0 Å². The smallest absolute Gasteiger partial charge is 0.348 e. The second kappa shape index (κ2) is 6.32. The van der Waals surface area contributed by atoms with Crippen molar-refractivity contribution in [2.45, 2.75) is 6.92 Å². The van der Waals surface area contributed by atoms with E-state index in [9.17, 15) is 14.4 Å². The average Bonchev–Trinajstić information content (AvgIpc) is 2.96. The summed E-state index contributed by atoms with van der Waals surface area (Å²) in [6.07, 6.45) is 0. The number of Topliss-reactive ketones (excluding diaryl/α,β-unsaturated/α-hetero) is 1. The van der Waals surface area contributed by atoms with Crippen LogP contribution in [0.25, 0.3) is 0 Å². The third-order valence-electron chi connectivity index (χ3n) is 2.74. The van der Waals surface area contributed by atoms with Gasteiger partial charge in [-0.3, -0.25) is 9.59 Å².